The molecule has 2 N–H and O–H groups in total. The van der Waals surface area contributed by atoms with Crippen LogP contribution in [0.1, 0.15) is 5.76 Å². The van der Waals surface area contributed by atoms with Crippen LogP contribution in [0.5, 0.6) is 0 Å². The van der Waals surface area contributed by atoms with E-state index in [9.17, 15) is 9.59 Å². The number of carbonyl (C=O) groups excluding carboxylic acids is 2. The summed E-state index contributed by atoms with van der Waals surface area (Å²) in [5.74, 6) is 0.720. The van der Waals surface area contributed by atoms with Gasteiger partial charge in [0.15, 0.2) is 4.32 Å². The summed E-state index contributed by atoms with van der Waals surface area (Å²) >= 11 is 18.1. The van der Waals surface area contributed by atoms with Gasteiger partial charge in [-0.25, -0.2) is 10.2 Å². The molecular weight excluding hydrogens is 477 g/mol. The van der Waals surface area contributed by atoms with Crippen molar-refractivity contribution < 1.29 is 14.0 Å². The van der Waals surface area contributed by atoms with E-state index in [1.807, 2.05) is 36.4 Å². The summed E-state index contributed by atoms with van der Waals surface area (Å²) in [5, 5.41) is 4.23. The highest BCUT2D eigenvalue weighted by Gasteiger charge is 2.34. The van der Waals surface area contributed by atoms with Gasteiger partial charge in [0.1, 0.15) is 11.5 Å². The Morgan fingerprint density at radius 3 is 2.58 bits per heavy atom. The van der Waals surface area contributed by atoms with Crippen LogP contribution in [0.4, 0.5) is 10.5 Å². The van der Waals surface area contributed by atoms with E-state index in [0.29, 0.717) is 32.2 Å². The number of amides is 3. The van der Waals surface area contributed by atoms with Gasteiger partial charge in [-0.2, -0.15) is 5.01 Å². The molecule has 0 bridgehead atoms. The van der Waals surface area contributed by atoms with E-state index >= 15 is 0 Å². The number of halogens is 2. The van der Waals surface area contributed by atoms with Gasteiger partial charge in [-0.3, -0.25) is 4.79 Å². The fourth-order valence-electron chi connectivity index (χ4n) is 2.72. The zero-order valence-electron chi connectivity index (χ0n) is 15.6. The highest BCUT2D eigenvalue weighted by atomic mass is 35.5. The minimum Gasteiger partial charge on any atom is -0.457 e. The van der Waals surface area contributed by atoms with Crippen molar-refractivity contribution >= 4 is 75.2 Å². The van der Waals surface area contributed by atoms with E-state index in [2.05, 4.69) is 10.7 Å². The standard InChI is InChI=1S/C21H13Cl2N3O3S2/c22-15-8-6-13(10-16(15)23)24-20(28)25-26-19(27)18(31-21(26)30)11-14-7-9-17(29-14)12-4-2-1-3-5-12/h1-11H,(H2,24,25,28)/b18-11-. The van der Waals surface area contributed by atoms with Crippen molar-refractivity contribution in [3.8, 4) is 11.3 Å². The second kappa shape index (κ2) is 9.15. The Balaban J connectivity index is 1.44. The fraction of sp³-hybridized carbons (Fsp3) is 0. The molecule has 1 saturated heterocycles. The Hall–Kier alpha value is -2.78. The molecule has 0 unspecified atom stereocenters. The van der Waals surface area contributed by atoms with E-state index in [0.717, 1.165) is 22.3 Å². The first-order valence-electron chi connectivity index (χ1n) is 8.86. The molecule has 156 valence electrons. The van der Waals surface area contributed by atoms with Crippen LogP contribution >= 0.6 is 47.2 Å². The van der Waals surface area contributed by atoms with Crippen molar-refractivity contribution in [2.75, 3.05) is 5.32 Å². The Bertz CT molecular complexity index is 1210. The molecule has 2 aromatic carbocycles. The summed E-state index contributed by atoms with van der Waals surface area (Å²) in [6, 6.07) is 17.2. The number of hydrogen-bond donors (Lipinski definition) is 2. The highest BCUT2D eigenvalue weighted by Crippen LogP contribution is 2.33. The molecule has 0 atom stereocenters. The topological polar surface area (TPSA) is 74.6 Å². The van der Waals surface area contributed by atoms with Crippen LogP contribution in [-0.4, -0.2) is 21.3 Å². The Morgan fingerprint density at radius 1 is 1.06 bits per heavy atom. The maximum absolute atomic E-state index is 12.7. The van der Waals surface area contributed by atoms with E-state index in [1.165, 1.54) is 6.07 Å². The van der Waals surface area contributed by atoms with E-state index in [1.54, 1.807) is 24.3 Å². The molecule has 0 spiro atoms. The number of hydrazine groups is 1. The van der Waals surface area contributed by atoms with Crippen LogP contribution in [0, 0.1) is 0 Å². The molecule has 1 fully saturated rings. The number of furan rings is 1. The van der Waals surface area contributed by atoms with Gasteiger partial charge in [0.25, 0.3) is 5.91 Å². The van der Waals surface area contributed by atoms with Crippen LogP contribution in [0.3, 0.4) is 0 Å². The molecule has 1 aromatic heterocycles. The van der Waals surface area contributed by atoms with Gasteiger partial charge in [-0.05, 0) is 42.5 Å². The van der Waals surface area contributed by atoms with Crippen LogP contribution < -0.4 is 10.7 Å². The number of benzene rings is 2. The van der Waals surface area contributed by atoms with Gasteiger partial charge in [0.05, 0.1) is 15.0 Å². The number of anilines is 1. The number of carbonyl (C=O) groups is 2. The highest BCUT2D eigenvalue weighted by molar-refractivity contribution is 8.26. The fourth-order valence-corrected chi connectivity index (χ4v) is 4.17. The Morgan fingerprint density at radius 2 is 1.84 bits per heavy atom. The quantitative estimate of drug-likeness (QED) is 0.337. The summed E-state index contributed by atoms with van der Waals surface area (Å²) < 4.78 is 5.99. The first-order valence-corrected chi connectivity index (χ1v) is 10.8. The average Bonchev–Trinajstić information content (AvgIpc) is 3.32. The summed E-state index contributed by atoms with van der Waals surface area (Å²) in [6.45, 7) is 0. The minimum atomic E-state index is -0.652. The summed E-state index contributed by atoms with van der Waals surface area (Å²) in [5.41, 5.74) is 3.77. The number of thioether (sulfide) groups is 1. The Kier molecular flexibility index (Phi) is 6.33. The average molecular weight is 490 g/mol. The monoisotopic (exact) mass is 489 g/mol. The van der Waals surface area contributed by atoms with Gasteiger partial charge in [-0.1, -0.05) is 65.3 Å². The van der Waals surface area contributed by atoms with Crippen molar-refractivity contribution in [2.45, 2.75) is 0 Å². The number of nitrogens with one attached hydrogen (secondary N) is 2. The smallest absolute Gasteiger partial charge is 0.338 e. The molecule has 0 saturated carbocycles. The van der Waals surface area contributed by atoms with Crippen molar-refractivity contribution in [3.05, 3.63) is 81.4 Å². The first-order chi connectivity index (χ1) is 14.9. The maximum atomic E-state index is 12.7. The lowest BCUT2D eigenvalue weighted by Gasteiger charge is -2.16. The zero-order valence-corrected chi connectivity index (χ0v) is 18.7. The van der Waals surface area contributed by atoms with Crippen LogP contribution in [0.25, 0.3) is 17.4 Å². The van der Waals surface area contributed by atoms with Gasteiger partial charge in [0.2, 0.25) is 0 Å². The number of thiocarbonyl (C=S) groups is 1. The number of rotatable bonds is 4. The lowest BCUT2D eigenvalue weighted by Crippen LogP contribution is -2.46. The number of nitrogens with zero attached hydrogens (tertiary/aromatic N) is 1. The predicted octanol–water partition coefficient (Wildman–Crippen LogP) is 6.19. The largest absolute Gasteiger partial charge is 0.457 e. The normalized spacial score (nSPS) is 14.9. The summed E-state index contributed by atoms with van der Waals surface area (Å²) in [7, 11) is 0. The van der Waals surface area contributed by atoms with Crippen LogP contribution in [0.15, 0.2) is 70.0 Å². The first kappa shape index (κ1) is 21.5. The molecule has 6 nitrogen and oxygen atoms in total. The van der Waals surface area contributed by atoms with Gasteiger partial charge in [-0.15, -0.1) is 0 Å². The molecule has 4 rings (SSSR count). The predicted molar refractivity (Wildman–Crippen MR) is 128 cm³/mol. The summed E-state index contributed by atoms with van der Waals surface area (Å²) in [4.78, 5) is 25.3. The second-order valence-corrected chi connectivity index (χ2v) is 8.77. The molecule has 1 aliphatic rings. The lowest BCUT2D eigenvalue weighted by molar-refractivity contribution is -0.123. The van der Waals surface area contributed by atoms with Crippen LogP contribution in [0.2, 0.25) is 10.0 Å². The molecule has 1 aliphatic heterocycles. The third kappa shape index (κ3) is 4.94. The summed E-state index contributed by atoms with van der Waals surface area (Å²) in [6.07, 6.45) is 1.59. The third-order valence-corrected chi connectivity index (χ3v) is 6.18. The minimum absolute atomic E-state index is 0.190. The van der Waals surface area contributed by atoms with E-state index < -0.39 is 11.9 Å². The van der Waals surface area contributed by atoms with E-state index in [-0.39, 0.29) is 4.32 Å². The molecule has 3 aromatic rings. The van der Waals surface area contributed by atoms with Gasteiger partial charge >= 0.3 is 6.03 Å². The zero-order chi connectivity index (χ0) is 22.0. The van der Waals surface area contributed by atoms with Crippen molar-refractivity contribution in [1.82, 2.24) is 10.4 Å². The third-order valence-electron chi connectivity index (χ3n) is 4.14. The molecule has 31 heavy (non-hydrogen) atoms. The number of hydrogen-bond acceptors (Lipinski definition) is 5. The maximum Gasteiger partial charge on any atom is 0.338 e. The lowest BCUT2D eigenvalue weighted by atomic mass is 10.2. The molecule has 0 aliphatic carbocycles. The van der Waals surface area contributed by atoms with Crippen molar-refractivity contribution in [3.63, 3.8) is 0 Å². The number of urea groups is 1. The van der Waals surface area contributed by atoms with Crippen molar-refractivity contribution in [1.29, 1.82) is 0 Å². The van der Waals surface area contributed by atoms with Gasteiger partial charge in [0, 0.05) is 17.3 Å². The molecular formula is C21H13Cl2N3O3S2. The molecule has 10 heteroatoms. The van der Waals surface area contributed by atoms with Crippen LogP contribution in [-0.2, 0) is 4.79 Å². The van der Waals surface area contributed by atoms with Crippen molar-refractivity contribution in [2.24, 2.45) is 0 Å². The second-order valence-electron chi connectivity index (χ2n) is 6.28. The molecule has 3 amide bonds. The van der Waals surface area contributed by atoms with E-state index in [4.69, 9.17) is 39.8 Å². The Labute approximate surface area is 197 Å². The molecule has 2 heterocycles. The molecule has 0 radical (unpaired) electrons. The SMILES string of the molecule is O=C(Nc1ccc(Cl)c(Cl)c1)NN1C(=O)/C(=C/c2ccc(-c3ccccc3)o2)SC1=S. The van der Waals surface area contributed by atoms with Gasteiger partial charge < -0.3 is 9.73 Å².